The zero-order valence-electron chi connectivity index (χ0n) is 9.59. The Kier molecular flexibility index (Phi) is 3.68. The Morgan fingerprint density at radius 3 is 2.73 bits per heavy atom. The van der Waals surface area contributed by atoms with Crippen molar-refractivity contribution in [1.82, 2.24) is 15.5 Å². The fourth-order valence-corrected chi connectivity index (χ4v) is 1.47. The fourth-order valence-electron chi connectivity index (χ4n) is 1.47. The first-order valence-electron chi connectivity index (χ1n) is 5.22. The molecule has 5 heteroatoms. The quantitative estimate of drug-likeness (QED) is 0.639. The number of nitrogens with one attached hydrogen (secondary N) is 2. The molecule has 0 unspecified atom stereocenters. The zero-order chi connectivity index (χ0) is 11.5. The summed E-state index contributed by atoms with van der Waals surface area (Å²) in [5.74, 6) is 0.0639. The molecule has 1 fully saturated rings. The molecule has 2 N–H and O–H groups in total. The maximum atomic E-state index is 12.0. The molecule has 1 aliphatic heterocycles. The molecule has 1 rings (SSSR count). The van der Waals surface area contributed by atoms with E-state index in [2.05, 4.69) is 10.6 Å². The summed E-state index contributed by atoms with van der Waals surface area (Å²) in [7, 11) is 1.76. The van der Waals surface area contributed by atoms with Gasteiger partial charge in [-0.05, 0) is 20.9 Å². The molecule has 0 bridgehead atoms. The Bertz CT molecular complexity index is 263. The van der Waals surface area contributed by atoms with E-state index in [9.17, 15) is 9.59 Å². The van der Waals surface area contributed by atoms with Crippen LogP contribution in [0, 0.1) is 0 Å². The SMILES string of the molecule is CNC(C)(C)C(=O)N1CCNC(=O)CC1. The fraction of sp³-hybridized carbons (Fsp3) is 0.800. The van der Waals surface area contributed by atoms with E-state index in [4.69, 9.17) is 0 Å². The normalized spacial score (nSPS) is 18.3. The monoisotopic (exact) mass is 213 g/mol. The van der Waals surface area contributed by atoms with Crippen LogP contribution in [-0.4, -0.2) is 48.9 Å². The number of likely N-dealkylation sites (N-methyl/N-ethyl adjacent to an activating group) is 1. The molecule has 0 aromatic rings. The molecule has 0 aromatic carbocycles. The van der Waals surface area contributed by atoms with E-state index in [1.807, 2.05) is 13.8 Å². The van der Waals surface area contributed by atoms with E-state index in [1.54, 1.807) is 11.9 Å². The van der Waals surface area contributed by atoms with Crippen molar-refractivity contribution in [2.24, 2.45) is 0 Å². The maximum absolute atomic E-state index is 12.0. The zero-order valence-corrected chi connectivity index (χ0v) is 9.59. The van der Waals surface area contributed by atoms with Gasteiger partial charge in [0.05, 0.1) is 5.54 Å². The predicted octanol–water partition coefficient (Wildman–Crippen LogP) is -0.667. The number of rotatable bonds is 2. The van der Waals surface area contributed by atoms with Gasteiger partial charge in [0, 0.05) is 26.1 Å². The van der Waals surface area contributed by atoms with Crippen LogP contribution in [-0.2, 0) is 9.59 Å². The number of amides is 2. The van der Waals surface area contributed by atoms with E-state index in [0.29, 0.717) is 26.1 Å². The third kappa shape index (κ3) is 2.92. The molecule has 0 radical (unpaired) electrons. The largest absolute Gasteiger partial charge is 0.354 e. The van der Waals surface area contributed by atoms with Gasteiger partial charge < -0.3 is 15.5 Å². The van der Waals surface area contributed by atoms with Crippen LogP contribution in [0.4, 0.5) is 0 Å². The van der Waals surface area contributed by atoms with Crippen LogP contribution < -0.4 is 10.6 Å². The summed E-state index contributed by atoms with van der Waals surface area (Å²) >= 11 is 0. The van der Waals surface area contributed by atoms with Crippen LogP contribution in [0.2, 0.25) is 0 Å². The maximum Gasteiger partial charge on any atom is 0.242 e. The minimum atomic E-state index is -0.562. The molecule has 1 aliphatic rings. The van der Waals surface area contributed by atoms with Gasteiger partial charge >= 0.3 is 0 Å². The lowest BCUT2D eigenvalue weighted by Gasteiger charge is -2.30. The van der Waals surface area contributed by atoms with Crippen molar-refractivity contribution in [1.29, 1.82) is 0 Å². The van der Waals surface area contributed by atoms with Crippen LogP contribution in [0.1, 0.15) is 20.3 Å². The second-order valence-corrected chi connectivity index (χ2v) is 4.27. The first-order chi connectivity index (χ1) is 6.97. The third-order valence-electron chi connectivity index (χ3n) is 2.76. The molecule has 0 spiro atoms. The number of carbonyl (C=O) groups is 2. The number of carbonyl (C=O) groups excluding carboxylic acids is 2. The summed E-state index contributed by atoms with van der Waals surface area (Å²) in [6.07, 6.45) is 0.394. The van der Waals surface area contributed by atoms with E-state index >= 15 is 0 Å². The van der Waals surface area contributed by atoms with Gasteiger partial charge in [-0.15, -0.1) is 0 Å². The summed E-state index contributed by atoms with van der Waals surface area (Å²) in [6, 6.07) is 0. The minimum Gasteiger partial charge on any atom is -0.354 e. The van der Waals surface area contributed by atoms with E-state index < -0.39 is 5.54 Å². The number of hydrogen-bond acceptors (Lipinski definition) is 3. The number of nitrogens with zero attached hydrogens (tertiary/aromatic N) is 1. The molecule has 0 aromatic heterocycles. The molecule has 15 heavy (non-hydrogen) atoms. The summed E-state index contributed by atoms with van der Waals surface area (Å²) in [5, 5.41) is 5.72. The second kappa shape index (κ2) is 4.61. The van der Waals surface area contributed by atoms with Gasteiger partial charge in [-0.1, -0.05) is 0 Å². The minimum absolute atomic E-state index is 0.0209. The lowest BCUT2D eigenvalue weighted by atomic mass is 10.0. The van der Waals surface area contributed by atoms with Gasteiger partial charge in [0.15, 0.2) is 0 Å². The molecular formula is C10H19N3O2. The highest BCUT2D eigenvalue weighted by Crippen LogP contribution is 2.08. The molecule has 1 heterocycles. The smallest absolute Gasteiger partial charge is 0.242 e. The highest BCUT2D eigenvalue weighted by Gasteiger charge is 2.31. The van der Waals surface area contributed by atoms with E-state index in [0.717, 1.165) is 0 Å². The van der Waals surface area contributed by atoms with Gasteiger partial charge in [0.25, 0.3) is 0 Å². The Labute approximate surface area is 90.2 Å². The van der Waals surface area contributed by atoms with Gasteiger partial charge in [-0.2, -0.15) is 0 Å². The topological polar surface area (TPSA) is 61.4 Å². The Morgan fingerprint density at radius 2 is 2.13 bits per heavy atom. The van der Waals surface area contributed by atoms with Gasteiger partial charge in [-0.25, -0.2) is 0 Å². The third-order valence-corrected chi connectivity index (χ3v) is 2.76. The number of hydrogen-bond donors (Lipinski definition) is 2. The van der Waals surface area contributed by atoms with Crippen LogP contribution in [0.3, 0.4) is 0 Å². The van der Waals surface area contributed by atoms with Gasteiger partial charge in [0.1, 0.15) is 0 Å². The predicted molar refractivity (Wildman–Crippen MR) is 57.3 cm³/mol. The molecule has 0 saturated carbocycles. The molecular weight excluding hydrogens is 194 g/mol. The lowest BCUT2D eigenvalue weighted by molar-refractivity contribution is -0.136. The van der Waals surface area contributed by atoms with Crippen LogP contribution >= 0.6 is 0 Å². The van der Waals surface area contributed by atoms with Crippen molar-refractivity contribution in [2.75, 3.05) is 26.7 Å². The van der Waals surface area contributed by atoms with Crippen LogP contribution in [0.5, 0.6) is 0 Å². The second-order valence-electron chi connectivity index (χ2n) is 4.27. The molecule has 86 valence electrons. The van der Waals surface area contributed by atoms with Crippen molar-refractivity contribution in [3.63, 3.8) is 0 Å². The van der Waals surface area contributed by atoms with Crippen molar-refractivity contribution in [3.8, 4) is 0 Å². The van der Waals surface area contributed by atoms with Crippen molar-refractivity contribution in [3.05, 3.63) is 0 Å². The van der Waals surface area contributed by atoms with Gasteiger partial charge in [-0.3, -0.25) is 9.59 Å². The van der Waals surface area contributed by atoms with E-state index in [-0.39, 0.29) is 11.8 Å². The highest BCUT2D eigenvalue weighted by molar-refractivity contribution is 5.86. The molecule has 0 aliphatic carbocycles. The standard InChI is InChI=1S/C10H19N3O2/c1-10(2,11-3)9(15)13-6-4-8(14)12-5-7-13/h11H,4-7H2,1-3H3,(H,12,14). The van der Waals surface area contributed by atoms with Crippen molar-refractivity contribution in [2.45, 2.75) is 25.8 Å². The Balaban J connectivity index is 2.63. The average molecular weight is 213 g/mol. The molecule has 1 saturated heterocycles. The molecule has 2 amide bonds. The van der Waals surface area contributed by atoms with Crippen molar-refractivity contribution < 1.29 is 9.59 Å². The molecule has 5 nitrogen and oxygen atoms in total. The summed E-state index contributed by atoms with van der Waals surface area (Å²) in [5.41, 5.74) is -0.562. The summed E-state index contributed by atoms with van der Waals surface area (Å²) in [4.78, 5) is 24.9. The van der Waals surface area contributed by atoms with E-state index in [1.165, 1.54) is 0 Å². The van der Waals surface area contributed by atoms with Crippen LogP contribution in [0.25, 0.3) is 0 Å². The average Bonchev–Trinajstić information content (AvgIpc) is 2.42. The van der Waals surface area contributed by atoms with Gasteiger partial charge in [0.2, 0.25) is 11.8 Å². The highest BCUT2D eigenvalue weighted by atomic mass is 16.2. The molecule has 0 atom stereocenters. The summed E-state index contributed by atoms with van der Waals surface area (Å²) < 4.78 is 0. The Hall–Kier alpha value is -1.10. The first-order valence-corrected chi connectivity index (χ1v) is 5.22. The Morgan fingerprint density at radius 1 is 1.47 bits per heavy atom. The van der Waals surface area contributed by atoms with Crippen molar-refractivity contribution >= 4 is 11.8 Å². The lowest BCUT2D eigenvalue weighted by Crippen LogP contribution is -2.53. The summed E-state index contributed by atoms with van der Waals surface area (Å²) in [6.45, 7) is 5.33. The first kappa shape index (κ1) is 12.0. The van der Waals surface area contributed by atoms with Crippen LogP contribution in [0.15, 0.2) is 0 Å².